The molecule has 2 saturated heterocycles. The Hall–Kier alpha value is -3.66. The minimum absolute atomic E-state index is 0.289. The van der Waals surface area contributed by atoms with E-state index >= 15 is 0 Å². The molecule has 216 valence electrons. The first-order chi connectivity index (χ1) is 20.7. The molecule has 0 spiro atoms. The Bertz CT molecular complexity index is 1420. The summed E-state index contributed by atoms with van der Waals surface area (Å²) in [5.74, 6) is 0.291. The molecule has 0 bridgehead atoms. The van der Waals surface area contributed by atoms with Crippen molar-refractivity contribution >= 4 is 17.7 Å². The summed E-state index contributed by atoms with van der Waals surface area (Å²) in [6.45, 7) is 0.603. The Balaban J connectivity index is 1.32. The summed E-state index contributed by atoms with van der Waals surface area (Å²) >= 11 is 1.49. The van der Waals surface area contributed by atoms with Crippen molar-refractivity contribution in [1.82, 2.24) is 0 Å². The normalized spacial score (nSPS) is 25.3. The lowest BCUT2D eigenvalue weighted by atomic mass is 9.98. The van der Waals surface area contributed by atoms with Gasteiger partial charge in [0.25, 0.3) is 0 Å². The third-order valence-electron chi connectivity index (χ3n) is 7.21. The molecule has 2 aliphatic heterocycles. The molecule has 0 N–H and O–H groups in total. The van der Waals surface area contributed by atoms with Crippen molar-refractivity contribution in [1.29, 1.82) is 0 Å². The van der Waals surface area contributed by atoms with Crippen molar-refractivity contribution in [3.63, 3.8) is 0 Å². The number of esters is 1. The molecule has 3 unspecified atom stereocenters. The largest absolute Gasteiger partial charge is 0.497 e. The molecule has 42 heavy (non-hydrogen) atoms. The second-order valence-electron chi connectivity index (χ2n) is 10.0. The van der Waals surface area contributed by atoms with Crippen LogP contribution in [0.25, 0.3) is 0 Å². The highest BCUT2D eigenvalue weighted by Crippen LogP contribution is 2.41. The zero-order valence-electron chi connectivity index (χ0n) is 23.1. The Kier molecular flexibility index (Phi) is 9.18. The highest BCUT2D eigenvalue weighted by Gasteiger charge is 2.52. The van der Waals surface area contributed by atoms with Crippen molar-refractivity contribution in [2.45, 2.75) is 47.6 Å². The molecule has 0 aromatic heterocycles. The van der Waals surface area contributed by atoms with E-state index in [-0.39, 0.29) is 6.61 Å². The van der Waals surface area contributed by atoms with E-state index in [1.165, 1.54) is 11.8 Å². The second kappa shape index (κ2) is 13.5. The van der Waals surface area contributed by atoms with Crippen LogP contribution in [0.5, 0.6) is 5.75 Å². The summed E-state index contributed by atoms with van der Waals surface area (Å²) < 4.78 is 37.4. The summed E-state index contributed by atoms with van der Waals surface area (Å²) in [5.41, 5.74) is 1.73. The zero-order valence-corrected chi connectivity index (χ0v) is 23.9. The van der Waals surface area contributed by atoms with E-state index in [1.807, 2.05) is 103 Å². The maximum atomic E-state index is 13.4. The van der Waals surface area contributed by atoms with E-state index < -0.39 is 42.1 Å². The lowest BCUT2D eigenvalue weighted by molar-refractivity contribution is -0.324. The molecule has 6 rings (SSSR count). The Morgan fingerprint density at radius 2 is 1.48 bits per heavy atom. The van der Waals surface area contributed by atoms with Crippen LogP contribution < -0.4 is 4.74 Å². The number of fused-ring (bicyclic) bond motifs is 1. The van der Waals surface area contributed by atoms with Crippen molar-refractivity contribution in [2.24, 2.45) is 0 Å². The number of ether oxygens (including phenoxy) is 6. The minimum atomic E-state index is -0.775. The number of thioether (sulfide) groups is 1. The maximum absolute atomic E-state index is 13.4. The van der Waals surface area contributed by atoms with Crippen LogP contribution in [-0.2, 0) is 30.3 Å². The molecular weight excluding hydrogens is 552 g/mol. The molecule has 8 heteroatoms. The number of carbonyl (C=O) groups excluding carboxylic acids is 1. The third kappa shape index (κ3) is 6.69. The number of hydrogen-bond donors (Lipinski definition) is 0. The summed E-state index contributed by atoms with van der Waals surface area (Å²) in [7, 11) is 1.63. The minimum Gasteiger partial charge on any atom is -0.497 e. The average Bonchev–Trinajstić information content (AvgIpc) is 3.05. The summed E-state index contributed by atoms with van der Waals surface area (Å²) in [6.07, 6.45) is -3.05. The lowest BCUT2D eigenvalue weighted by Gasteiger charge is -2.48. The quantitative estimate of drug-likeness (QED) is 0.208. The van der Waals surface area contributed by atoms with Gasteiger partial charge in [0.05, 0.1) is 25.9 Å². The van der Waals surface area contributed by atoms with Gasteiger partial charge in [-0.25, -0.2) is 4.79 Å². The van der Waals surface area contributed by atoms with Crippen molar-refractivity contribution in [2.75, 3.05) is 13.7 Å². The van der Waals surface area contributed by atoms with Gasteiger partial charge in [0.2, 0.25) is 0 Å². The molecule has 6 atom stereocenters. The van der Waals surface area contributed by atoms with E-state index in [0.29, 0.717) is 12.2 Å². The number of carbonyl (C=O) groups is 1. The zero-order chi connectivity index (χ0) is 28.7. The van der Waals surface area contributed by atoms with Crippen LogP contribution in [0.1, 0.15) is 27.8 Å². The van der Waals surface area contributed by atoms with Gasteiger partial charge < -0.3 is 28.4 Å². The molecule has 0 amide bonds. The fraction of sp³-hybridized carbons (Fsp3) is 0.265. The number of benzene rings is 4. The van der Waals surface area contributed by atoms with Crippen LogP contribution in [0.3, 0.4) is 0 Å². The first-order valence-corrected chi connectivity index (χ1v) is 14.8. The van der Waals surface area contributed by atoms with Crippen LogP contribution in [0.4, 0.5) is 0 Å². The summed E-state index contributed by atoms with van der Waals surface area (Å²) in [4.78, 5) is 14.4. The standard InChI is InChI=1S/C34H32O7S/c1-36-26-19-17-25(18-20-26)33-38-22-28-29(41-33)30(37-21-23-11-5-2-6-12-23)31(40-32(35)24-13-7-3-8-14-24)34(39-28)42-27-15-9-4-10-16-27/h2-20,28-31,33-34H,21-22H2,1H3/t28?,29?,30-,31+,33?,34-/m0/s1. The van der Waals surface area contributed by atoms with Crippen LogP contribution in [0.2, 0.25) is 0 Å². The Morgan fingerprint density at radius 3 is 2.17 bits per heavy atom. The molecule has 7 nitrogen and oxygen atoms in total. The molecular formula is C34H32O7S. The molecule has 0 saturated carbocycles. The molecule has 2 heterocycles. The van der Waals surface area contributed by atoms with Crippen molar-refractivity contribution in [3.8, 4) is 5.75 Å². The molecule has 4 aromatic rings. The number of rotatable bonds is 9. The van der Waals surface area contributed by atoms with Crippen LogP contribution >= 0.6 is 11.8 Å². The maximum Gasteiger partial charge on any atom is 0.338 e. The van der Waals surface area contributed by atoms with Crippen LogP contribution in [0, 0.1) is 0 Å². The molecule has 4 aromatic carbocycles. The van der Waals surface area contributed by atoms with Gasteiger partial charge in [0.1, 0.15) is 29.5 Å². The highest BCUT2D eigenvalue weighted by molar-refractivity contribution is 7.99. The van der Waals surface area contributed by atoms with Gasteiger partial charge in [-0.2, -0.15) is 0 Å². The Labute approximate surface area is 249 Å². The van der Waals surface area contributed by atoms with Gasteiger partial charge >= 0.3 is 5.97 Å². The Morgan fingerprint density at radius 1 is 0.810 bits per heavy atom. The van der Waals surface area contributed by atoms with Gasteiger partial charge in [-0.05, 0) is 42.0 Å². The summed E-state index contributed by atoms with van der Waals surface area (Å²) in [6, 6.07) is 36.3. The van der Waals surface area contributed by atoms with E-state index in [2.05, 4.69) is 0 Å². The van der Waals surface area contributed by atoms with Crippen molar-refractivity contribution in [3.05, 3.63) is 132 Å². The van der Waals surface area contributed by atoms with E-state index in [4.69, 9.17) is 28.4 Å². The van der Waals surface area contributed by atoms with Gasteiger partial charge in [0.15, 0.2) is 12.4 Å². The van der Waals surface area contributed by atoms with Crippen molar-refractivity contribution < 1.29 is 33.2 Å². The molecule has 2 fully saturated rings. The van der Waals surface area contributed by atoms with Crippen LogP contribution in [0.15, 0.2) is 120 Å². The average molecular weight is 585 g/mol. The van der Waals surface area contributed by atoms with E-state index in [9.17, 15) is 4.79 Å². The predicted molar refractivity (Wildman–Crippen MR) is 158 cm³/mol. The molecule has 0 radical (unpaired) electrons. The van der Waals surface area contributed by atoms with Crippen LogP contribution in [-0.4, -0.2) is 49.5 Å². The first-order valence-electron chi connectivity index (χ1n) is 13.9. The first kappa shape index (κ1) is 28.5. The monoisotopic (exact) mass is 584 g/mol. The molecule has 0 aliphatic carbocycles. The fourth-order valence-electron chi connectivity index (χ4n) is 5.05. The van der Waals surface area contributed by atoms with Gasteiger partial charge in [-0.15, -0.1) is 0 Å². The van der Waals surface area contributed by atoms with Gasteiger partial charge in [-0.3, -0.25) is 0 Å². The smallest absolute Gasteiger partial charge is 0.338 e. The summed E-state index contributed by atoms with van der Waals surface area (Å²) in [5, 5.41) is 0. The van der Waals surface area contributed by atoms with Gasteiger partial charge in [0, 0.05) is 10.5 Å². The third-order valence-corrected chi connectivity index (χ3v) is 8.36. The topological polar surface area (TPSA) is 72.5 Å². The van der Waals surface area contributed by atoms with Gasteiger partial charge in [-0.1, -0.05) is 90.6 Å². The highest BCUT2D eigenvalue weighted by atomic mass is 32.2. The second-order valence-corrected chi connectivity index (χ2v) is 11.2. The molecule has 2 aliphatic rings. The van der Waals surface area contributed by atoms with E-state index in [0.717, 1.165) is 21.8 Å². The number of hydrogen-bond acceptors (Lipinski definition) is 8. The SMILES string of the molecule is COc1ccc(C2OCC3O[C@@H](Sc4ccccc4)[C@H](OC(=O)c4ccccc4)[C@@H](OCc4ccccc4)C3O2)cc1. The lowest BCUT2D eigenvalue weighted by Crippen LogP contribution is -2.62. The number of methoxy groups -OCH3 is 1. The fourth-order valence-corrected chi connectivity index (χ4v) is 6.18. The van der Waals surface area contributed by atoms with E-state index in [1.54, 1.807) is 19.2 Å². The predicted octanol–water partition coefficient (Wildman–Crippen LogP) is 6.44.